The zero-order valence-electron chi connectivity index (χ0n) is 18.0. The van der Waals surface area contributed by atoms with Crippen LogP contribution in [0.5, 0.6) is 0 Å². The van der Waals surface area contributed by atoms with E-state index in [0.29, 0.717) is 6.04 Å². The molecular weight excluding hydrogens is 388 g/mol. The topological polar surface area (TPSA) is 9.86 Å². The molecule has 1 aliphatic rings. The highest BCUT2D eigenvalue weighted by atomic mass is 15.1. The van der Waals surface area contributed by atoms with Crippen molar-refractivity contribution in [3.8, 4) is 0 Å². The zero-order chi connectivity index (χ0) is 21.0. The molecule has 152 valence electrons. The number of hydrogen-bond acceptors (Lipinski definition) is 0. The van der Waals surface area contributed by atoms with Crippen LogP contribution < -0.4 is 0 Å². The Morgan fingerprint density at radius 2 is 1.16 bits per heavy atom. The molecule has 0 spiro atoms. The summed E-state index contributed by atoms with van der Waals surface area (Å²) in [5.74, 6) is 0. The van der Waals surface area contributed by atoms with Gasteiger partial charge in [0.05, 0.1) is 11.0 Å². The molecule has 0 atom stereocenters. The van der Waals surface area contributed by atoms with Crippen molar-refractivity contribution in [2.45, 2.75) is 18.9 Å². The van der Waals surface area contributed by atoms with Crippen LogP contribution in [0.25, 0.3) is 65.2 Å². The lowest BCUT2D eigenvalue weighted by atomic mass is 9.99. The number of hydrogen-bond donors (Lipinski definition) is 0. The summed E-state index contributed by atoms with van der Waals surface area (Å²) >= 11 is 0. The lowest BCUT2D eigenvalue weighted by Crippen LogP contribution is -1.93. The van der Waals surface area contributed by atoms with Crippen molar-refractivity contribution in [3.05, 3.63) is 84.9 Å². The molecule has 1 saturated carbocycles. The van der Waals surface area contributed by atoms with E-state index in [0.717, 1.165) is 0 Å². The molecule has 0 amide bonds. The van der Waals surface area contributed by atoms with E-state index in [1.807, 2.05) is 0 Å². The second-order valence-corrected chi connectivity index (χ2v) is 9.38. The van der Waals surface area contributed by atoms with Crippen LogP contribution in [0.3, 0.4) is 0 Å². The van der Waals surface area contributed by atoms with Gasteiger partial charge in [-0.25, -0.2) is 0 Å². The second-order valence-electron chi connectivity index (χ2n) is 9.38. The highest BCUT2D eigenvalue weighted by Crippen LogP contribution is 2.48. The second kappa shape index (κ2) is 5.72. The first-order valence-corrected chi connectivity index (χ1v) is 11.6. The van der Waals surface area contributed by atoms with Gasteiger partial charge in [-0.1, -0.05) is 66.7 Å². The largest absolute Gasteiger partial charge is 0.344 e. The first-order chi connectivity index (χ1) is 15.8. The fourth-order valence-corrected chi connectivity index (χ4v) is 6.07. The maximum absolute atomic E-state index is 2.65. The molecular formula is C30H22N2. The third-order valence-electron chi connectivity index (χ3n) is 7.62. The maximum atomic E-state index is 2.65. The Morgan fingerprint density at radius 3 is 1.97 bits per heavy atom. The molecule has 32 heavy (non-hydrogen) atoms. The van der Waals surface area contributed by atoms with Crippen LogP contribution in [-0.4, -0.2) is 9.13 Å². The van der Waals surface area contributed by atoms with Gasteiger partial charge in [0.25, 0.3) is 0 Å². The van der Waals surface area contributed by atoms with Crippen LogP contribution in [0.1, 0.15) is 18.9 Å². The van der Waals surface area contributed by atoms with Gasteiger partial charge in [0.2, 0.25) is 0 Å². The van der Waals surface area contributed by atoms with Crippen LogP contribution in [0.4, 0.5) is 0 Å². The van der Waals surface area contributed by atoms with E-state index in [4.69, 9.17) is 0 Å². The van der Waals surface area contributed by atoms with Crippen molar-refractivity contribution in [2.75, 3.05) is 0 Å². The molecule has 0 radical (unpaired) electrons. The van der Waals surface area contributed by atoms with Crippen molar-refractivity contribution in [2.24, 2.45) is 7.05 Å². The Balaban J connectivity index is 1.73. The molecule has 0 saturated heterocycles. The van der Waals surface area contributed by atoms with E-state index in [9.17, 15) is 0 Å². The Labute approximate surface area is 185 Å². The highest BCUT2D eigenvalue weighted by Gasteiger charge is 2.29. The Hall–Kier alpha value is -3.78. The monoisotopic (exact) mass is 410 g/mol. The molecule has 2 heteroatoms. The molecule has 5 aromatic carbocycles. The molecule has 2 nitrogen and oxygen atoms in total. The summed E-state index contributed by atoms with van der Waals surface area (Å²) in [7, 11) is 2.21. The summed E-state index contributed by atoms with van der Waals surface area (Å²) < 4.78 is 5.02. The quantitative estimate of drug-likeness (QED) is 0.259. The predicted molar refractivity (Wildman–Crippen MR) is 137 cm³/mol. The summed E-state index contributed by atoms with van der Waals surface area (Å²) in [6.07, 6.45) is 2.55. The van der Waals surface area contributed by atoms with Crippen LogP contribution >= 0.6 is 0 Å². The molecule has 2 aromatic heterocycles. The number of aromatic nitrogens is 2. The van der Waals surface area contributed by atoms with Crippen molar-refractivity contribution < 1.29 is 0 Å². The molecule has 0 N–H and O–H groups in total. The third kappa shape index (κ3) is 1.96. The smallest absolute Gasteiger partial charge is 0.0573 e. The van der Waals surface area contributed by atoms with Crippen molar-refractivity contribution in [1.82, 2.24) is 9.13 Å². The van der Waals surface area contributed by atoms with Gasteiger partial charge in [-0.3, -0.25) is 0 Å². The molecule has 0 aliphatic heterocycles. The van der Waals surface area contributed by atoms with E-state index in [1.54, 1.807) is 0 Å². The van der Waals surface area contributed by atoms with Crippen molar-refractivity contribution in [1.29, 1.82) is 0 Å². The summed E-state index contributed by atoms with van der Waals surface area (Å²) in [5, 5.41) is 10.9. The zero-order valence-corrected chi connectivity index (χ0v) is 18.0. The van der Waals surface area contributed by atoms with Crippen molar-refractivity contribution >= 4 is 65.2 Å². The summed E-state index contributed by atoms with van der Waals surface area (Å²) in [6.45, 7) is 0. The Morgan fingerprint density at radius 1 is 0.562 bits per heavy atom. The first-order valence-electron chi connectivity index (χ1n) is 11.6. The highest BCUT2D eigenvalue weighted by molar-refractivity contribution is 6.34. The van der Waals surface area contributed by atoms with Gasteiger partial charge in [0, 0.05) is 51.1 Å². The minimum Gasteiger partial charge on any atom is -0.344 e. The van der Waals surface area contributed by atoms with E-state index >= 15 is 0 Å². The average molecular weight is 411 g/mol. The van der Waals surface area contributed by atoms with E-state index in [2.05, 4.69) is 101 Å². The van der Waals surface area contributed by atoms with E-state index < -0.39 is 0 Å². The predicted octanol–water partition coefficient (Wildman–Crippen LogP) is 8.08. The first kappa shape index (κ1) is 16.9. The maximum Gasteiger partial charge on any atom is 0.0573 e. The number of rotatable bonds is 1. The SMILES string of the molecule is Cn1c2ccc3ccccc3c2c2c3c4ccc5ccccc5c4n(C4CC4)c3ccc21. The van der Waals surface area contributed by atoms with Gasteiger partial charge in [0.15, 0.2) is 0 Å². The van der Waals surface area contributed by atoms with Crippen LogP contribution in [-0.2, 0) is 7.05 Å². The van der Waals surface area contributed by atoms with Gasteiger partial charge >= 0.3 is 0 Å². The molecule has 0 unspecified atom stereocenters. The summed E-state index contributed by atoms with van der Waals surface area (Å²) in [4.78, 5) is 0. The Kier molecular flexibility index (Phi) is 3.01. The van der Waals surface area contributed by atoms with Crippen LogP contribution in [0.2, 0.25) is 0 Å². The molecule has 1 fully saturated rings. The lowest BCUT2D eigenvalue weighted by Gasteiger charge is -2.08. The average Bonchev–Trinajstić information content (AvgIpc) is 3.56. The lowest BCUT2D eigenvalue weighted by molar-refractivity contribution is 0.807. The van der Waals surface area contributed by atoms with Crippen LogP contribution in [0, 0.1) is 0 Å². The molecule has 1 aliphatic carbocycles. The van der Waals surface area contributed by atoms with Gasteiger partial charge in [-0.2, -0.15) is 0 Å². The fraction of sp³-hybridized carbons (Fsp3) is 0.133. The Bertz CT molecular complexity index is 1890. The number of nitrogens with zero attached hydrogens (tertiary/aromatic N) is 2. The number of benzene rings is 5. The van der Waals surface area contributed by atoms with Crippen molar-refractivity contribution in [3.63, 3.8) is 0 Å². The third-order valence-corrected chi connectivity index (χ3v) is 7.62. The fourth-order valence-electron chi connectivity index (χ4n) is 6.07. The number of aryl methyl sites for hydroxylation is 1. The van der Waals surface area contributed by atoms with Crippen LogP contribution in [0.15, 0.2) is 84.9 Å². The molecule has 7 aromatic rings. The minimum atomic E-state index is 0.616. The van der Waals surface area contributed by atoms with Gasteiger partial charge < -0.3 is 9.13 Å². The molecule has 2 heterocycles. The molecule has 0 bridgehead atoms. The van der Waals surface area contributed by atoms with Gasteiger partial charge in [-0.05, 0) is 47.2 Å². The minimum absolute atomic E-state index is 0.616. The number of fused-ring (bicyclic) bond motifs is 11. The van der Waals surface area contributed by atoms with E-state index in [1.165, 1.54) is 78.0 Å². The van der Waals surface area contributed by atoms with Gasteiger partial charge in [0.1, 0.15) is 0 Å². The standard InChI is InChI=1S/C30H22N2/c1-31-24-15-11-18-6-2-4-8-21(18)27(24)29-25(31)16-17-26-28(29)23-14-10-19-7-3-5-9-22(19)30(23)32(26)20-12-13-20/h2-11,14-17,20H,12-13H2,1H3. The molecule has 8 rings (SSSR count). The van der Waals surface area contributed by atoms with E-state index in [-0.39, 0.29) is 0 Å². The summed E-state index contributed by atoms with van der Waals surface area (Å²) in [6, 6.07) is 32.2. The van der Waals surface area contributed by atoms with Gasteiger partial charge in [-0.15, -0.1) is 0 Å². The normalized spacial score (nSPS) is 14.7. The summed E-state index contributed by atoms with van der Waals surface area (Å²) in [5.41, 5.74) is 5.41.